The molecular weight excluding hydrogens is 418 g/mol. The summed E-state index contributed by atoms with van der Waals surface area (Å²) in [5.74, 6) is -3.79. The Kier molecular flexibility index (Phi) is 5.82. The molecule has 2 saturated heterocycles. The molecule has 0 aliphatic carbocycles. The summed E-state index contributed by atoms with van der Waals surface area (Å²) >= 11 is 0. The predicted octanol–water partition coefficient (Wildman–Crippen LogP) is 3.11. The molecule has 168 valence electrons. The van der Waals surface area contributed by atoms with Gasteiger partial charge in [0.25, 0.3) is 0 Å². The van der Waals surface area contributed by atoms with Crippen LogP contribution in [-0.2, 0) is 9.59 Å². The maximum absolute atomic E-state index is 14.7. The van der Waals surface area contributed by atoms with Gasteiger partial charge in [-0.1, -0.05) is 6.07 Å². The van der Waals surface area contributed by atoms with E-state index in [0.29, 0.717) is 24.5 Å². The molecule has 0 saturated carbocycles. The van der Waals surface area contributed by atoms with Crippen LogP contribution in [0.1, 0.15) is 35.4 Å². The van der Waals surface area contributed by atoms with E-state index in [1.807, 2.05) is 32.0 Å². The van der Waals surface area contributed by atoms with Crippen molar-refractivity contribution in [3.63, 3.8) is 0 Å². The molecule has 0 aromatic heterocycles. The Labute approximate surface area is 184 Å². The first-order valence-electron chi connectivity index (χ1n) is 10.4. The minimum Gasteiger partial charge on any atom is -0.367 e. The van der Waals surface area contributed by atoms with Crippen molar-refractivity contribution in [1.82, 2.24) is 10.6 Å². The molecule has 7 nitrogen and oxygen atoms in total. The van der Waals surface area contributed by atoms with Gasteiger partial charge in [-0.25, -0.2) is 13.6 Å². The van der Waals surface area contributed by atoms with Crippen molar-refractivity contribution < 1.29 is 23.2 Å². The Morgan fingerprint density at radius 1 is 1.03 bits per heavy atom. The molecule has 2 aromatic carbocycles. The normalized spacial score (nSPS) is 18.8. The summed E-state index contributed by atoms with van der Waals surface area (Å²) in [7, 11) is 0. The summed E-state index contributed by atoms with van der Waals surface area (Å²) in [4.78, 5) is 37.3. The first kappa shape index (κ1) is 21.7. The van der Waals surface area contributed by atoms with E-state index >= 15 is 0 Å². The van der Waals surface area contributed by atoms with Crippen LogP contribution in [0.25, 0.3) is 0 Å². The number of carbonyl (C=O) groups is 3. The highest BCUT2D eigenvalue weighted by molar-refractivity contribution is 6.01. The number of nitrogens with zero attached hydrogens (tertiary/aromatic N) is 1. The number of nitrogens with one attached hydrogen (secondary N) is 3. The number of imide groups is 1. The third-order valence-electron chi connectivity index (χ3n) is 5.71. The maximum Gasteiger partial charge on any atom is 0.319 e. The Morgan fingerprint density at radius 2 is 1.66 bits per heavy atom. The first-order chi connectivity index (χ1) is 15.2. The van der Waals surface area contributed by atoms with Crippen LogP contribution in [0.15, 0.2) is 30.3 Å². The summed E-state index contributed by atoms with van der Waals surface area (Å²) in [5.41, 5.74) is 2.80. The van der Waals surface area contributed by atoms with Crippen LogP contribution in [0.2, 0.25) is 0 Å². The predicted molar refractivity (Wildman–Crippen MR) is 116 cm³/mol. The molecule has 0 unspecified atom stereocenters. The second-order valence-corrected chi connectivity index (χ2v) is 8.40. The lowest BCUT2D eigenvalue weighted by atomic mass is 9.89. The van der Waals surface area contributed by atoms with Crippen molar-refractivity contribution in [2.75, 3.05) is 23.3 Å². The van der Waals surface area contributed by atoms with Crippen LogP contribution < -0.4 is 20.9 Å². The van der Waals surface area contributed by atoms with Crippen LogP contribution in [-0.4, -0.2) is 37.0 Å². The minimum atomic E-state index is -1.03. The number of aryl methyl sites for hydroxylation is 2. The number of piperidine rings is 1. The Morgan fingerprint density at radius 3 is 2.25 bits per heavy atom. The molecule has 0 radical (unpaired) electrons. The third-order valence-corrected chi connectivity index (χ3v) is 5.71. The van der Waals surface area contributed by atoms with E-state index in [9.17, 15) is 23.2 Å². The molecular formula is C23H24F2N4O3. The van der Waals surface area contributed by atoms with Crippen LogP contribution in [0.3, 0.4) is 0 Å². The summed E-state index contributed by atoms with van der Waals surface area (Å²) < 4.78 is 29.4. The van der Waals surface area contributed by atoms with E-state index in [-0.39, 0.29) is 30.5 Å². The van der Waals surface area contributed by atoms with E-state index < -0.39 is 29.4 Å². The highest BCUT2D eigenvalue weighted by Gasteiger charge is 2.34. The van der Waals surface area contributed by atoms with E-state index in [2.05, 4.69) is 16.0 Å². The van der Waals surface area contributed by atoms with Gasteiger partial charge in [-0.2, -0.15) is 0 Å². The standard InChI is InChI=1S/C23H24F2N4O3/c1-12-5-13(2)7-14(6-12)26-23(32)27-15-10-29(11-15)16-8-18(24)21(19(25)9-16)17-3-4-20(30)28-22(17)31/h5-9,15,17H,3-4,10-11H2,1-2H3,(H2,26,27,32)(H,28,30,31)/t17-/m1/s1. The number of hydrogen-bond acceptors (Lipinski definition) is 4. The van der Waals surface area contributed by atoms with E-state index in [1.54, 1.807) is 4.90 Å². The lowest BCUT2D eigenvalue weighted by Crippen LogP contribution is -2.60. The van der Waals surface area contributed by atoms with Crippen LogP contribution >= 0.6 is 0 Å². The highest BCUT2D eigenvalue weighted by Crippen LogP contribution is 2.33. The van der Waals surface area contributed by atoms with Gasteiger partial charge in [0.05, 0.1) is 12.0 Å². The van der Waals surface area contributed by atoms with Crippen molar-refractivity contribution in [1.29, 1.82) is 0 Å². The lowest BCUT2D eigenvalue weighted by Gasteiger charge is -2.41. The SMILES string of the molecule is Cc1cc(C)cc(NC(=O)NC2CN(c3cc(F)c([C@H]4CCC(=O)NC4=O)c(F)c3)C2)c1. The molecule has 32 heavy (non-hydrogen) atoms. The van der Waals surface area contributed by atoms with E-state index in [4.69, 9.17) is 0 Å². The van der Waals surface area contributed by atoms with Gasteiger partial charge in [-0.3, -0.25) is 14.9 Å². The zero-order valence-electron chi connectivity index (χ0n) is 17.8. The van der Waals surface area contributed by atoms with E-state index in [0.717, 1.165) is 11.1 Å². The second kappa shape index (κ2) is 8.57. The zero-order valence-corrected chi connectivity index (χ0v) is 17.8. The van der Waals surface area contributed by atoms with Gasteiger partial charge in [0.1, 0.15) is 11.6 Å². The number of amides is 4. The second-order valence-electron chi connectivity index (χ2n) is 8.40. The van der Waals surface area contributed by atoms with Crippen molar-refractivity contribution in [2.45, 2.75) is 38.6 Å². The monoisotopic (exact) mass is 442 g/mol. The average molecular weight is 442 g/mol. The number of urea groups is 1. The van der Waals surface area contributed by atoms with Crippen molar-refractivity contribution >= 4 is 29.2 Å². The van der Waals surface area contributed by atoms with Crippen molar-refractivity contribution in [3.05, 3.63) is 58.7 Å². The molecule has 1 atom stereocenters. The average Bonchev–Trinajstić information content (AvgIpc) is 2.64. The molecule has 2 aliphatic heterocycles. The van der Waals surface area contributed by atoms with Crippen molar-refractivity contribution in [2.24, 2.45) is 0 Å². The zero-order chi connectivity index (χ0) is 23.0. The molecule has 4 amide bonds. The Hall–Kier alpha value is -3.49. The molecule has 0 bridgehead atoms. The summed E-state index contributed by atoms with van der Waals surface area (Å²) in [6.45, 7) is 4.70. The van der Waals surface area contributed by atoms with Gasteiger partial charge in [-0.15, -0.1) is 0 Å². The van der Waals surface area contributed by atoms with Gasteiger partial charge < -0.3 is 15.5 Å². The van der Waals surface area contributed by atoms with Crippen LogP contribution in [0.5, 0.6) is 0 Å². The molecule has 2 aliphatic rings. The molecule has 3 N–H and O–H groups in total. The highest BCUT2D eigenvalue weighted by atomic mass is 19.1. The maximum atomic E-state index is 14.7. The summed E-state index contributed by atoms with van der Waals surface area (Å²) in [5, 5.41) is 7.76. The van der Waals surface area contributed by atoms with Crippen molar-refractivity contribution in [3.8, 4) is 0 Å². The molecule has 9 heteroatoms. The molecule has 2 heterocycles. The fourth-order valence-electron chi connectivity index (χ4n) is 4.24. The smallest absolute Gasteiger partial charge is 0.319 e. The lowest BCUT2D eigenvalue weighted by molar-refractivity contribution is -0.134. The molecule has 2 fully saturated rings. The first-order valence-corrected chi connectivity index (χ1v) is 10.4. The van der Waals surface area contributed by atoms with Gasteiger partial charge in [0.2, 0.25) is 11.8 Å². The van der Waals surface area contributed by atoms with E-state index in [1.165, 1.54) is 12.1 Å². The minimum absolute atomic E-state index is 0.0424. The quantitative estimate of drug-likeness (QED) is 0.635. The molecule has 0 spiro atoms. The Bertz CT molecular complexity index is 1060. The number of benzene rings is 2. The largest absolute Gasteiger partial charge is 0.367 e. The topological polar surface area (TPSA) is 90.5 Å². The third kappa shape index (κ3) is 4.56. The van der Waals surface area contributed by atoms with Crippen LogP contribution in [0.4, 0.5) is 25.0 Å². The Balaban J connectivity index is 1.36. The summed E-state index contributed by atoms with van der Waals surface area (Å²) in [6.07, 6.45) is 0.115. The van der Waals surface area contributed by atoms with Gasteiger partial charge in [-0.05, 0) is 55.7 Å². The molecule has 2 aromatic rings. The number of anilines is 2. The van der Waals surface area contributed by atoms with Gasteiger partial charge >= 0.3 is 6.03 Å². The summed E-state index contributed by atoms with van der Waals surface area (Å²) in [6, 6.07) is 7.62. The fraction of sp³-hybridized carbons (Fsp3) is 0.348. The number of rotatable bonds is 4. The van der Waals surface area contributed by atoms with Crippen LogP contribution in [0, 0.1) is 25.5 Å². The van der Waals surface area contributed by atoms with Gasteiger partial charge in [0.15, 0.2) is 0 Å². The number of halogens is 2. The number of carbonyl (C=O) groups excluding carboxylic acids is 3. The molecule has 4 rings (SSSR count). The number of hydrogen-bond donors (Lipinski definition) is 3. The van der Waals surface area contributed by atoms with Gasteiger partial charge in [0, 0.05) is 36.4 Å². The fourth-order valence-corrected chi connectivity index (χ4v) is 4.24.